The highest BCUT2D eigenvalue weighted by atomic mass is 15.4. The summed E-state index contributed by atoms with van der Waals surface area (Å²) in [6, 6.07) is 10.8. The van der Waals surface area contributed by atoms with E-state index >= 15 is 0 Å². The molecule has 21 heavy (non-hydrogen) atoms. The molecule has 5 heteroatoms. The molecule has 3 aromatic rings. The highest BCUT2D eigenvalue weighted by Gasteiger charge is 2.10. The third-order valence-electron chi connectivity index (χ3n) is 3.60. The fourth-order valence-electron chi connectivity index (χ4n) is 2.42. The topological polar surface area (TPSA) is 46.3 Å². The van der Waals surface area contributed by atoms with E-state index in [1.807, 2.05) is 13.0 Å². The molecule has 0 atom stereocenters. The Bertz CT molecular complexity index is 745. The van der Waals surface area contributed by atoms with Gasteiger partial charge in [-0.25, -0.2) is 4.98 Å². The first kappa shape index (κ1) is 13.5. The van der Waals surface area contributed by atoms with Gasteiger partial charge in [0.15, 0.2) is 0 Å². The van der Waals surface area contributed by atoms with Crippen LogP contribution in [0.3, 0.4) is 0 Å². The molecule has 2 heterocycles. The third-order valence-corrected chi connectivity index (χ3v) is 3.60. The Hall–Kier alpha value is -2.43. The zero-order valence-electron chi connectivity index (χ0n) is 12.6. The summed E-state index contributed by atoms with van der Waals surface area (Å²) in [5.74, 6) is 1.63. The van der Waals surface area contributed by atoms with E-state index in [4.69, 9.17) is 0 Å². The molecule has 0 saturated heterocycles. The summed E-state index contributed by atoms with van der Waals surface area (Å²) in [7, 11) is 2.06. The van der Waals surface area contributed by atoms with Gasteiger partial charge in [0.05, 0.1) is 0 Å². The van der Waals surface area contributed by atoms with E-state index in [0.717, 1.165) is 24.5 Å². The van der Waals surface area contributed by atoms with E-state index in [2.05, 4.69) is 58.2 Å². The largest absolute Gasteiger partial charge is 0.355 e. The van der Waals surface area contributed by atoms with Crippen LogP contribution in [0.5, 0.6) is 0 Å². The number of aromatic nitrogens is 4. The molecule has 1 aromatic carbocycles. The molecule has 0 unspecified atom stereocenters. The van der Waals surface area contributed by atoms with Gasteiger partial charge in [0.25, 0.3) is 5.78 Å². The van der Waals surface area contributed by atoms with Crippen molar-refractivity contribution in [2.75, 3.05) is 11.9 Å². The van der Waals surface area contributed by atoms with Crippen LogP contribution < -0.4 is 4.90 Å². The van der Waals surface area contributed by atoms with E-state index in [0.29, 0.717) is 5.78 Å². The number of benzene rings is 1. The van der Waals surface area contributed by atoms with Gasteiger partial charge in [-0.15, -0.1) is 0 Å². The van der Waals surface area contributed by atoms with Gasteiger partial charge in [-0.1, -0.05) is 31.2 Å². The molecule has 0 bridgehead atoms. The Morgan fingerprint density at radius 3 is 2.57 bits per heavy atom. The molecule has 0 fully saturated rings. The number of hydrogen-bond donors (Lipinski definition) is 0. The van der Waals surface area contributed by atoms with Crippen molar-refractivity contribution in [3.05, 3.63) is 53.5 Å². The number of fused-ring (bicyclic) bond motifs is 1. The van der Waals surface area contributed by atoms with Crippen LogP contribution in [0.2, 0.25) is 0 Å². The van der Waals surface area contributed by atoms with Crippen molar-refractivity contribution in [3.8, 4) is 0 Å². The molecule has 0 amide bonds. The molecule has 0 aliphatic heterocycles. The SMILES string of the molecule is CCc1ccc(CN(C)c2cc(C)nc3ncnn23)cc1. The molecule has 108 valence electrons. The predicted octanol–water partition coefficient (Wildman–Crippen LogP) is 2.63. The molecule has 0 N–H and O–H groups in total. The fraction of sp³-hybridized carbons (Fsp3) is 0.312. The van der Waals surface area contributed by atoms with E-state index in [9.17, 15) is 0 Å². The summed E-state index contributed by atoms with van der Waals surface area (Å²) in [6.07, 6.45) is 2.61. The number of anilines is 1. The highest BCUT2D eigenvalue weighted by molar-refractivity contribution is 5.47. The van der Waals surface area contributed by atoms with Gasteiger partial charge in [-0.05, 0) is 24.5 Å². The van der Waals surface area contributed by atoms with Crippen molar-refractivity contribution in [3.63, 3.8) is 0 Å². The number of nitrogens with zero attached hydrogens (tertiary/aromatic N) is 5. The molecule has 2 aromatic heterocycles. The number of hydrogen-bond acceptors (Lipinski definition) is 4. The van der Waals surface area contributed by atoms with Gasteiger partial charge in [0.2, 0.25) is 0 Å². The van der Waals surface area contributed by atoms with Crippen LogP contribution in [0.4, 0.5) is 5.82 Å². The molecule has 0 radical (unpaired) electrons. The Balaban J connectivity index is 1.89. The van der Waals surface area contributed by atoms with Crippen LogP contribution in [-0.2, 0) is 13.0 Å². The van der Waals surface area contributed by atoms with Crippen molar-refractivity contribution in [2.24, 2.45) is 0 Å². The van der Waals surface area contributed by atoms with Gasteiger partial charge < -0.3 is 4.90 Å². The van der Waals surface area contributed by atoms with Gasteiger partial charge in [0, 0.05) is 25.4 Å². The van der Waals surface area contributed by atoms with Crippen LogP contribution in [0.15, 0.2) is 36.7 Å². The second kappa shape index (κ2) is 5.52. The summed E-state index contributed by atoms with van der Waals surface area (Å²) in [6.45, 7) is 4.97. The van der Waals surface area contributed by atoms with Gasteiger partial charge in [-0.2, -0.15) is 14.6 Å². The molecule has 0 aliphatic rings. The van der Waals surface area contributed by atoms with Gasteiger partial charge in [0.1, 0.15) is 12.1 Å². The average molecular weight is 281 g/mol. The minimum atomic E-state index is 0.637. The quantitative estimate of drug-likeness (QED) is 0.737. The Morgan fingerprint density at radius 1 is 1.14 bits per heavy atom. The predicted molar refractivity (Wildman–Crippen MR) is 83.4 cm³/mol. The maximum Gasteiger partial charge on any atom is 0.254 e. The van der Waals surface area contributed by atoms with Crippen molar-refractivity contribution in [1.82, 2.24) is 19.6 Å². The second-order valence-corrected chi connectivity index (χ2v) is 5.25. The Labute approximate surface area is 124 Å². The van der Waals surface area contributed by atoms with Crippen molar-refractivity contribution in [1.29, 1.82) is 0 Å². The molecular weight excluding hydrogens is 262 g/mol. The summed E-state index contributed by atoms with van der Waals surface area (Å²) < 4.78 is 1.77. The van der Waals surface area contributed by atoms with Crippen molar-refractivity contribution < 1.29 is 0 Å². The van der Waals surface area contributed by atoms with Crippen LogP contribution in [-0.4, -0.2) is 26.6 Å². The summed E-state index contributed by atoms with van der Waals surface area (Å²) >= 11 is 0. The smallest absolute Gasteiger partial charge is 0.254 e. The molecule has 0 spiro atoms. The minimum Gasteiger partial charge on any atom is -0.355 e. The maximum absolute atomic E-state index is 4.37. The van der Waals surface area contributed by atoms with Crippen LogP contribution >= 0.6 is 0 Å². The molecule has 5 nitrogen and oxygen atoms in total. The standard InChI is InChI=1S/C16H19N5/c1-4-13-5-7-14(8-6-13)10-20(3)15-9-12(2)19-16-17-11-18-21(15)16/h5-9,11H,4,10H2,1-3H3. The normalized spacial score (nSPS) is 11.0. The zero-order valence-corrected chi connectivity index (χ0v) is 12.6. The summed E-state index contributed by atoms with van der Waals surface area (Å²) in [5, 5.41) is 4.25. The third kappa shape index (κ3) is 2.72. The summed E-state index contributed by atoms with van der Waals surface area (Å²) in [4.78, 5) is 10.7. The monoisotopic (exact) mass is 281 g/mol. The van der Waals surface area contributed by atoms with Crippen LogP contribution in [0.1, 0.15) is 23.7 Å². The second-order valence-electron chi connectivity index (χ2n) is 5.25. The lowest BCUT2D eigenvalue weighted by Gasteiger charge is -2.20. The first-order valence-electron chi connectivity index (χ1n) is 7.13. The number of rotatable bonds is 4. The van der Waals surface area contributed by atoms with E-state index in [1.54, 1.807) is 4.52 Å². The van der Waals surface area contributed by atoms with Gasteiger partial charge >= 0.3 is 0 Å². The number of aryl methyl sites for hydroxylation is 2. The average Bonchev–Trinajstić information content (AvgIpc) is 2.95. The van der Waals surface area contributed by atoms with E-state index in [-0.39, 0.29) is 0 Å². The van der Waals surface area contributed by atoms with Crippen molar-refractivity contribution >= 4 is 11.6 Å². The lowest BCUT2D eigenvalue weighted by atomic mass is 10.1. The zero-order chi connectivity index (χ0) is 14.8. The van der Waals surface area contributed by atoms with Gasteiger partial charge in [-0.3, -0.25) is 0 Å². The lowest BCUT2D eigenvalue weighted by Crippen LogP contribution is -2.20. The molecular formula is C16H19N5. The molecule has 0 saturated carbocycles. The molecule has 3 rings (SSSR count). The summed E-state index contributed by atoms with van der Waals surface area (Å²) in [5.41, 5.74) is 3.58. The molecule has 0 aliphatic carbocycles. The van der Waals surface area contributed by atoms with E-state index in [1.165, 1.54) is 17.5 Å². The lowest BCUT2D eigenvalue weighted by molar-refractivity contribution is 0.827. The Morgan fingerprint density at radius 2 is 1.86 bits per heavy atom. The van der Waals surface area contributed by atoms with Crippen LogP contribution in [0, 0.1) is 6.92 Å². The van der Waals surface area contributed by atoms with Crippen LogP contribution in [0.25, 0.3) is 5.78 Å². The minimum absolute atomic E-state index is 0.637. The fourth-order valence-corrected chi connectivity index (χ4v) is 2.42. The van der Waals surface area contributed by atoms with E-state index < -0.39 is 0 Å². The first-order chi connectivity index (χ1) is 10.2. The first-order valence-corrected chi connectivity index (χ1v) is 7.13. The highest BCUT2D eigenvalue weighted by Crippen LogP contribution is 2.17. The Kier molecular flexibility index (Phi) is 3.56. The van der Waals surface area contributed by atoms with Crippen molar-refractivity contribution in [2.45, 2.75) is 26.8 Å². The maximum atomic E-state index is 4.37.